The Labute approximate surface area is 153 Å². The number of carbonyl (C=O) groups is 1. The SMILES string of the molecule is O=C(C=CNc1cccc(CN2CCCC2)c1)c1ccc2c(c1)OCO2. The minimum absolute atomic E-state index is 0.0796. The number of likely N-dealkylation sites (tertiary alicyclic amines) is 1. The minimum Gasteiger partial charge on any atom is -0.454 e. The van der Waals surface area contributed by atoms with Crippen LogP contribution < -0.4 is 14.8 Å². The number of nitrogens with zero attached hydrogens (tertiary/aromatic N) is 1. The number of rotatable bonds is 6. The Morgan fingerprint density at radius 1 is 1.08 bits per heavy atom. The van der Waals surface area contributed by atoms with Crippen LogP contribution in [0, 0.1) is 0 Å². The van der Waals surface area contributed by atoms with E-state index in [1.165, 1.54) is 37.6 Å². The molecule has 0 bridgehead atoms. The van der Waals surface area contributed by atoms with Crippen LogP contribution in [0.4, 0.5) is 5.69 Å². The molecule has 5 nitrogen and oxygen atoms in total. The molecule has 0 unspecified atom stereocenters. The second-order valence-electron chi connectivity index (χ2n) is 6.59. The third-order valence-corrected chi connectivity index (χ3v) is 4.67. The molecular weight excluding hydrogens is 328 g/mol. The molecule has 0 atom stereocenters. The van der Waals surface area contributed by atoms with Gasteiger partial charge in [-0.25, -0.2) is 0 Å². The number of anilines is 1. The zero-order chi connectivity index (χ0) is 17.8. The maximum absolute atomic E-state index is 12.3. The second kappa shape index (κ2) is 7.62. The van der Waals surface area contributed by atoms with Gasteiger partial charge in [0.2, 0.25) is 6.79 Å². The molecule has 0 spiro atoms. The molecule has 0 aromatic heterocycles. The van der Waals surface area contributed by atoms with Gasteiger partial charge in [-0.15, -0.1) is 0 Å². The fourth-order valence-corrected chi connectivity index (χ4v) is 3.32. The maximum atomic E-state index is 12.3. The highest BCUT2D eigenvalue weighted by Crippen LogP contribution is 2.32. The Morgan fingerprint density at radius 3 is 2.81 bits per heavy atom. The first-order valence-corrected chi connectivity index (χ1v) is 8.96. The Kier molecular flexibility index (Phi) is 4.88. The van der Waals surface area contributed by atoms with Crippen molar-refractivity contribution in [1.82, 2.24) is 4.90 Å². The van der Waals surface area contributed by atoms with Gasteiger partial charge < -0.3 is 14.8 Å². The zero-order valence-electron chi connectivity index (χ0n) is 14.6. The predicted octanol–water partition coefficient (Wildman–Crippen LogP) is 3.82. The fourth-order valence-electron chi connectivity index (χ4n) is 3.32. The van der Waals surface area contributed by atoms with Crippen LogP contribution >= 0.6 is 0 Å². The van der Waals surface area contributed by atoms with E-state index in [0.717, 1.165) is 12.2 Å². The van der Waals surface area contributed by atoms with Crippen LogP contribution in [-0.2, 0) is 6.54 Å². The molecule has 1 saturated heterocycles. The number of hydrogen-bond donors (Lipinski definition) is 1. The Balaban J connectivity index is 1.36. The minimum atomic E-state index is -0.0796. The summed E-state index contributed by atoms with van der Waals surface area (Å²) in [5.74, 6) is 1.22. The Hall–Kier alpha value is -2.79. The summed E-state index contributed by atoms with van der Waals surface area (Å²) < 4.78 is 10.6. The van der Waals surface area contributed by atoms with Gasteiger partial charge >= 0.3 is 0 Å². The first-order chi connectivity index (χ1) is 12.8. The van der Waals surface area contributed by atoms with E-state index < -0.39 is 0 Å². The van der Waals surface area contributed by atoms with E-state index in [0.29, 0.717) is 17.1 Å². The summed E-state index contributed by atoms with van der Waals surface area (Å²) in [6, 6.07) is 13.5. The number of ether oxygens (including phenoxy) is 2. The van der Waals surface area contributed by atoms with Gasteiger partial charge in [0, 0.05) is 30.1 Å². The highest BCUT2D eigenvalue weighted by Gasteiger charge is 2.15. The van der Waals surface area contributed by atoms with Crippen molar-refractivity contribution >= 4 is 11.5 Å². The highest BCUT2D eigenvalue weighted by atomic mass is 16.7. The molecule has 5 heteroatoms. The highest BCUT2D eigenvalue weighted by molar-refractivity contribution is 6.05. The summed E-state index contributed by atoms with van der Waals surface area (Å²) in [4.78, 5) is 14.8. The quantitative estimate of drug-likeness (QED) is 0.634. The lowest BCUT2D eigenvalue weighted by atomic mass is 10.1. The fraction of sp³-hybridized carbons (Fsp3) is 0.286. The first kappa shape index (κ1) is 16.7. The van der Waals surface area contributed by atoms with Gasteiger partial charge in [0.25, 0.3) is 0 Å². The van der Waals surface area contributed by atoms with Crippen molar-refractivity contribution in [3.63, 3.8) is 0 Å². The molecule has 2 aromatic rings. The number of fused-ring (bicyclic) bond motifs is 1. The topological polar surface area (TPSA) is 50.8 Å². The molecule has 1 fully saturated rings. The van der Waals surface area contributed by atoms with Crippen molar-refractivity contribution in [2.75, 3.05) is 25.2 Å². The molecule has 0 radical (unpaired) electrons. The molecule has 2 aromatic carbocycles. The lowest BCUT2D eigenvalue weighted by Crippen LogP contribution is -2.18. The smallest absolute Gasteiger partial charge is 0.231 e. The zero-order valence-corrected chi connectivity index (χ0v) is 14.6. The number of allylic oxidation sites excluding steroid dienone is 1. The van der Waals surface area contributed by atoms with Crippen LogP contribution in [0.15, 0.2) is 54.7 Å². The predicted molar refractivity (Wildman–Crippen MR) is 101 cm³/mol. The molecule has 4 rings (SSSR count). The Morgan fingerprint density at radius 2 is 1.92 bits per heavy atom. The standard InChI is InChI=1S/C21H22N2O3/c24-19(17-6-7-20-21(13-17)26-15-25-20)8-9-22-18-5-3-4-16(12-18)14-23-10-1-2-11-23/h3-9,12-13,22H,1-2,10-11,14-15H2. The van der Waals surface area contributed by atoms with E-state index in [2.05, 4.69) is 22.3 Å². The summed E-state index contributed by atoms with van der Waals surface area (Å²) in [5, 5.41) is 3.19. The lowest BCUT2D eigenvalue weighted by molar-refractivity contribution is 0.104. The van der Waals surface area contributed by atoms with Gasteiger partial charge in [0.05, 0.1) is 0 Å². The number of hydrogen-bond acceptors (Lipinski definition) is 5. The van der Waals surface area contributed by atoms with Crippen molar-refractivity contribution in [2.24, 2.45) is 0 Å². The second-order valence-corrected chi connectivity index (χ2v) is 6.59. The lowest BCUT2D eigenvalue weighted by Gasteiger charge is -2.15. The normalized spacial score (nSPS) is 16.3. The monoisotopic (exact) mass is 350 g/mol. The Bertz CT molecular complexity index is 826. The van der Waals surface area contributed by atoms with Gasteiger partial charge in [-0.3, -0.25) is 9.69 Å². The molecule has 0 aliphatic carbocycles. The van der Waals surface area contributed by atoms with Gasteiger partial charge in [-0.2, -0.15) is 0 Å². The number of carbonyl (C=O) groups excluding carboxylic acids is 1. The summed E-state index contributed by atoms with van der Waals surface area (Å²) in [5.41, 5.74) is 2.85. The average Bonchev–Trinajstić information content (AvgIpc) is 3.32. The van der Waals surface area contributed by atoms with Gasteiger partial charge in [0.15, 0.2) is 17.3 Å². The van der Waals surface area contributed by atoms with E-state index in [1.807, 2.05) is 12.1 Å². The molecule has 1 N–H and O–H groups in total. The van der Waals surface area contributed by atoms with Gasteiger partial charge in [-0.05, 0) is 61.8 Å². The van der Waals surface area contributed by atoms with Crippen LogP contribution in [0.25, 0.3) is 0 Å². The molecule has 0 amide bonds. The van der Waals surface area contributed by atoms with Crippen molar-refractivity contribution in [3.8, 4) is 11.5 Å². The summed E-state index contributed by atoms with van der Waals surface area (Å²) in [6.45, 7) is 3.55. The number of benzene rings is 2. The first-order valence-electron chi connectivity index (χ1n) is 8.96. The van der Waals surface area contributed by atoms with Crippen LogP contribution in [0.5, 0.6) is 11.5 Å². The maximum Gasteiger partial charge on any atom is 0.231 e. The van der Waals surface area contributed by atoms with Gasteiger partial charge in [-0.1, -0.05) is 12.1 Å². The third kappa shape index (κ3) is 3.89. The molecule has 0 saturated carbocycles. The number of ketones is 1. The van der Waals surface area contributed by atoms with Crippen molar-refractivity contribution < 1.29 is 14.3 Å². The van der Waals surface area contributed by atoms with Crippen molar-refractivity contribution in [2.45, 2.75) is 19.4 Å². The molecular formula is C21H22N2O3. The molecule has 26 heavy (non-hydrogen) atoms. The van der Waals surface area contributed by atoms with E-state index in [9.17, 15) is 4.79 Å². The summed E-state index contributed by atoms with van der Waals surface area (Å²) in [7, 11) is 0. The van der Waals surface area contributed by atoms with E-state index in [4.69, 9.17) is 9.47 Å². The molecule has 2 aliphatic rings. The van der Waals surface area contributed by atoms with Crippen LogP contribution in [-0.4, -0.2) is 30.6 Å². The van der Waals surface area contributed by atoms with Crippen LogP contribution in [0.1, 0.15) is 28.8 Å². The van der Waals surface area contributed by atoms with E-state index in [1.54, 1.807) is 24.4 Å². The molecule has 2 heterocycles. The number of nitrogens with one attached hydrogen (secondary N) is 1. The van der Waals surface area contributed by atoms with Crippen molar-refractivity contribution in [1.29, 1.82) is 0 Å². The van der Waals surface area contributed by atoms with Gasteiger partial charge in [0.1, 0.15) is 0 Å². The summed E-state index contributed by atoms with van der Waals surface area (Å²) >= 11 is 0. The van der Waals surface area contributed by atoms with Crippen LogP contribution in [0.3, 0.4) is 0 Å². The van der Waals surface area contributed by atoms with Crippen LogP contribution in [0.2, 0.25) is 0 Å². The van der Waals surface area contributed by atoms with Crippen molar-refractivity contribution in [3.05, 3.63) is 65.9 Å². The third-order valence-electron chi connectivity index (χ3n) is 4.67. The van der Waals surface area contributed by atoms with E-state index in [-0.39, 0.29) is 12.6 Å². The average molecular weight is 350 g/mol. The summed E-state index contributed by atoms with van der Waals surface area (Å²) in [6.07, 6.45) is 5.80. The largest absolute Gasteiger partial charge is 0.454 e. The molecule has 134 valence electrons. The molecule has 2 aliphatic heterocycles. The van der Waals surface area contributed by atoms with E-state index >= 15 is 0 Å².